The molecule has 0 saturated heterocycles. The average Bonchev–Trinajstić information content (AvgIpc) is 2.66. The van der Waals surface area contributed by atoms with Crippen molar-refractivity contribution in [3.05, 3.63) is 101 Å². The van der Waals surface area contributed by atoms with Crippen LogP contribution in [0.4, 0.5) is 0 Å². The molecule has 3 rings (SSSR count). The molecular formula is C24H23NO. The van der Waals surface area contributed by atoms with Crippen LogP contribution in [0, 0.1) is 0 Å². The van der Waals surface area contributed by atoms with Crippen LogP contribution in [-0.2, 0) is 5.41 Å². The maximum Gasteiger partial charge on any atom is 0.193 e. The Labute approximate surface area is 155 Å². The Morgan fingerprint density at radius 3 is 1.69 bits per heavy atom. The van der Waals surface area contributed by atoms with Crippen LogP contribution in [0.3, 0.4) is 0 Å². The Kier molecular flexibility index (Phi) is 5.13. The third-order valence-electron chi connectivity index (χ3n) is 4.36. The van der Waals surface area contributed by atoms with Gasteiger partial charge in [-0.1, -0.05) is 81.5 Å². The van der Waals surface area contributed by atoms with Crippen LogP contribution >= 0.6 is 0 Å². The van der Waals surface area contributed by atoms with E-state index in [-0.39, 0.29) is 11.2 Å². The Morgan fingerprint density at radius 2 is 1.19 bits per heavy atom. The lowest BCUT2D eigenvalue weighted by atomic mass is 9.86. The van der Waals surface area contributed by atoms with E-state index in [1.165, 1.54) is 5.56 Å². The molecule has 0 saturated carbocycles. The smallest absolute Gasteiger partial charge is 0.193 e. The van der Waals surface area contributed by atoms with Crippen molar-refractivity contribution >= 4 is 17.9 Å². The fraction of sp³-hybridized carbons (Fsp3) is 0.167. The van der Waals surface area contributed by atoms with Gasteiger partial charge in [-0.15, -0.1) is 0 Å². The maximum absolute atomic E-state index is 12.7. The quantitative estimate of drug-likeness (QED) is 0.563. The average molecular weight is 341 g/mol. The first kappa shape index (κ1) is 17.8. The molecule has 0 N–H and O–H groups in total. The number of nitrogens with zero attached hydrogens (tertiary/aromatic N) is 1. The van der Waals surface area contributed by atoms with Crippen LogP contribution in [0.1, 0.15) is 53.4 Å². The summed E-state index contributed by atoms with van der Waals surface area (Å²) < 4.78 is 0. The number of hydrogen-bond acceptors (Lipinski definition) is 2. The molecule has 0 aliphatic rings. The van der Waals surface area contributed by atoms with Crippen LogP contribution in [0.25, 0.3) is 12.2 Å². The normalized spacial score (nSPS) is 11.7. The first-order valence-corrected chi connectivity index (χ1v) is 8.77. The predicted molar refractivity (Wildman–Crippen MR) is 108 cm³/mol. The lowest BCUT2D eigenvalue weighted by Gasteiger charge is -2.19. The van der Waals surface area contributed by atoms with Gasteiger partial charge in [0.25, 0.3) is 0 Å². The van der Waals surface area contributed by atoms with Gasteiger partial charge in [0.15, 0.2) is 5.78 Å². The van der Waals surface area contributed by atoms with E-state index in [1.807, 2.05) is 72.8 Å². The van der Waals surface area contributed by atoms with Gasteiger partial charge in [-0.05, 0) is 34.2 Å². The minimum absolute atomic E-state index is 0.0510. The molecule has 0 atom stereocenters. The first-order chi connectivity index (χ1) is 12.4. The lowest BCUT2D eigenvalue weighted by Crippen LogP contribution is -2.11. The third-order valence-corrected chi connectivity index (χ3v) is 4.36. The standard InChI is InChI=1S/C24H23NO/c1-24(2,3)22-12-10-21(11-13-22)23(26)20-8-6-18(7-9-20)4-5-19-14-16-25-17-15-19/h4-17H,1-3H3. The highest BCUT2D eigenvalue weighted by molar-refractivity contribution is 6.09. The summed E-state index contributed by atoms with van der Waals surface area (Å²) in [5.74, 6) is 0.0510. The number of benzene rings is 2. The predicted octanol–water partition coefficient (Wildman–Crippen LogP) is 5.78. The largest absolute Gasteiger partial charge is 0.289 e. The van der Waals surface area contributed by atoms with Crippen LogP contribution in [0.15, 0.2) is 73.1 Å². The lowest BCUT2D eigenvalue weighted by molar-refractivity contribution is 0.103. The summed E-state index contributed by atoms with van der Waals surface area (Å²) in [6.45, 7) is 6.51. The molecule has 2 nitrogen and oxygen atoms in total. The second-order valence-corrected chi connectivity index (χ2v) is 7.39. The number of carbonyl (C=O) groups is 1. The van der Waals surface area contributed by atoms with E-state index >= 15 is 0 Å². The highest BCUT2D eigenvalue weighted by Gasteiger charge is 2.15. The van der Waals surface area contributed by atoms with Gasteiger partial charge in [0.1, 0.15) is 0 Å². The van der Waals surface area contributed by atoms with Crippen molar-refractivity contribution in [1.82, 2.24) is 4.98 Å². The Hall–Kier alpha value is -3.00. The second-order valence-electron chi connectivity index (χ2n) is 7.39. The third kappa shape index (κ3) is 4.34. The number of rotatable bonds is 4. The van der Waals surface area contributed by atoms with E-state index in [0.29, 0.717) is 5.56 Å². The zero-order valence-electron chi connectivity index (χ0n) is 15.4. The Morgan fingerprint density at radius 1 is 0.731 bits per heavy atom. The molecule has 0 spiro atoms. The summed E-state index contributed by atoms with van der Waals surface area (Å²) in [4.78, 5) is 16.7. The molecule has 2 heteroatoms. The molecule has 0 aliphatic heterocycles. The molecule has 0 unspecified atom stereocenters. The molecule has 2 aromatic carbocycles. The zero-order chi connectivity index (χ0) is 18.6. The van der Waals surface area contributed by atoms with Gasteiger partial charge in [0, 0.05) is 23.5 Å². The number of aromatic nitrogens is 1. The molecule has 0 bridgehead atoms. The molecule has 130 valence electrons. The molecule has 1 aromatic heterocycles. The first-order valence-electron chi connectivity index (χ1n) is 8.77. The van der Waals surface area contributed by atoms with Crippen molar-refractivity contribution < 1.29 is 4.79 Å². The molecule has 3 aromatic rings. The van der Waals surface area contributed by atoms with Gasteiger partial charge in [-0.3, -0.25) is 9.78 Å². The van der Waals surface area contributed by atoms with Crippen LogP contribution < -0.4 is 0 Å². The number of hydrogen-bond donors (Lipinski definition) is 0. The summed E-state index contributed by atoms with van der Waals surface area (Å²) in [7, 11) is 0. The van der Waals surface area contributed by atoms with Gasteiger partial charge in [0.2, 0.25) is 0 Å². The van der Waals surface area contributed by atoms with Crippen LogP contribution in [-0.4, -0.2) is 10.8 Å². The van der Waals surface area contributed by atoms with Crippen molar-refractivity contribution in [1.29, 1.82) is 0 Å². The number of carbonyl (C=O) groups excluding carboxylic acids is 1. The Balaban J connectivity index is 1.74. The summed E-state index contributed by atoms with van der Waals surface area (Å²) in [5, 5.41) is 0. The highest BCUT2D eigenvalue weighted by atomic mass is 16.1. The van der Waals surface area contributed by atoms with Gasteiger partial charge in [-0.25, -0.2) is 0 Å². The molecule has 0 aliphatic carbocycles. The van der Waals surface area contributed by atoms with Gasteiger partial charge >= 0.3 is 0 Å². The van der Waals surface area contributed by atoms with Gasteiger partial charge in [0.05, 0.1) is 0 Å². The number of pyridine rings is 1. The fourth-order valence-electron chi connectivity index (χ4n) is 2.70. The molecule has 0 fully saturated rings. The maximum atomic E-state index is 12.7. The monoisotopic (exact) mass is 341 g/mol. The minimum atomic E-state index is 0.0510. The number of ketones is 1. The van der Waals surface area contributed by atoms with Crippen molar-refractivity contribution in [3.8, 4) is 0 Å². The molecular weight excluding hydrogens is 318 g/mol. The van der Waals surface area contributed by atoms with E-state index in [1.54, 1.807) is 12.4 Å². The minimum Gasteiger partial charge on any atom is -0.289 e. The van der Waals surface area contributed by atoms with E-state index in [0.717, 1.165) is 16.7 Å². The van der Waals surface area contributed by atoms with Crippen molar-refractivity contribution in [2.45, 2.75) is 26.2 Å². The molecule has 1 heterocycles. The summed E-state index contributed by atoms with van der Waals surface area (Å²) >= 11 is 0. The van der Waals surface area contributed by atoms with Crippen LogP contribution in [0.2, 0.25) is 0 Å². The summed E-state index contributed by atoms with van der Waals surface area (Å²) in [6, 6.07) is 19.5. The van der Waals surface area contributed by atoms with E-state index in [9.17, 15) is 4.79 Å². The van der Waals surface area contributed by atoms with Gasteiger partial charge in [-0.2, -0.15) is 0 Å². The molecule has 0 amide bonds. The molecule has 0 radical (unpaired) electrons. The highest BCUT2D eigenvalue weighted by Crippen LogP contribution is 2.23. The van der Waals surface area contributed by atoms with Crippen molar-refractivity contribution in [2.24, 2.45) is 0 Å². The van der Waals surface area contributed by atoms with E-state index in [2.05, 4.69) is 25.8 Å². The van der Waals surface area contributed by atoms with Crippen molar-refractivity contribution in [3.63, 3.8) is 0 Å². The fourth-order valence-corrected chi connectivity index (χ4v) is 2.70. The summed E-state index contributed by atoms with van der Waals surface area (Å²) in [5.41, 5.74) is 4.89. The van der Waals surface area contributed by atoms with Gasteiger partial charge < -0.3 is 0 Å². The second kappa shape index (κ2) is 7.49. The SMILES string of the molecule is CC(C)(C)c1ccc(C(=O)c2ccc(C=Cc3ccncc3)cc2)cc1. The van der Waals surface area contributed by atoms with E-state index in [4.69, 9.17) is 0 Å². The molecule has 26 heavy (non-hydrogen) atoms. The topological polar surface area (TPSA) is 30.0 Å². The summed E-state index contributed by atoms with van der Waals surface area (Å²) in [6.07, 6.45) is 7.60. The van der Waals surface area contributed by atoms with Crippen LogP contribution in [0.5, 0.6) is 0 Å². The Bertz CT molecular complexity index is 899. The van der Waals surface area contributed by atoms with Crippen molar-refractivity contribution in [2.75, 3.05) is 0 Å². The zero-order valence-corrected chi connectivity index (χ0v) is 15.4. The van der Waals surface area contributed by atoms with E-state index < -0.39 is 0 Å².